The Morgan fingerprint density at radius 2 is 1.80 bits per heavy atom. The molecule has 5 heteroatoms. The largest absolute Gasteiger partial charge is 0.364 e. The summed E-state index contributed by atoms with van der Waals surface area (Å²) in [5.74, 6) is -0.341. The van der Waals surface area contributed by atoms with Crippen molar-refractivity contribution in [2.75, 3.05) is 0 Å². The standard InChI is InChI=1S/C15H17N3O2/c1-10(19)7-12-3-5-13(6-4-12)8-18-9-17-11(2)14(18)15(16)20/h3-6,9H,7-8H2,1-2H3,(H2,16,20). The quantitative estimate of drug-likeness (QED) is 0.894. The molecule has 2 N–H and O–H groups in total. The third kappa shape index (κ3) is 3.12. The number of amides is 1. The van der Waals surface area contributed by atoms with Crippen molar-refractivity contribution in [1.82, 2.24) is 9.55 Å². The minimum Gasteiger partial charge on any atom is -0.364 e. The number of aromatic nitrogens is 2. The lowest BCUT2D eigenvalue weighted by molar-refractivity contribution is -0.116. The van der Waals surface area contributed by atoms with Gasteiger partial charge in [0.15, 0.2) is 0 Å². The highest BCUT2D eigenvalue weighted by atomic mass is 16.1. The van der Waals surface area contributed by atoms with Crippen molar-refractivity contribution in [2.45, 2.75) is 26.8 Å². The van der Waals surface area contributed by atoms with Crippen molar-refractivity contribution in [2.24, 2.45) is 5.73 Å². The molecule has 104 valence electrons. The molecule has 0 fully saturated rings. The van der Waals surface area contributed by atoms with Gasteiger partial charge in [-0.3, -0.25) is 9.59 Å². The Morgan fingerprint density at radius 1 is 1.20 bits per heavy atom. The fourth-order valence-electron chi connectivity index (χ4n) is 2.17. The molecular formula is C15H17N3O2. The summed E-state index contributed by atoms with van der Waals surface area (Å²) in [4.78, 5) is 26.5. The van der Waals surface area contributed by atoms with Gasteiger partial charge in [0.2, 0.25) is 0 Å². The van der Waals surface area contributed by atoms with Crippen molar-refractivity contribution in [3.63, 3.8) is 0 Å². The highest BCUT2D eigenvalue weighted by Crippen LogP contribution is 2.11. The zero-order valence-electron chi connectivity index (χ0n) is 11.6. The van der Waals surface area contributed by atoms with Crippen LogP contribution in [0.5, 0.6) is 0 Å². The van der Waals surface area contributed by atoms with E-state index in [0.29, 0.717) is 24.4 Å². The van der Waals surface area contributed by atoms with Crippen molar-refractivity contribution < 1.29 is 9.59 Å². The number of ketones is 1. The van der Waals surface area contributed by atoms with Crippen molar-refractivity contribution in [3.05, 3.63) is 53.1 Å². The van der Waals surface area contributed by atoms with Crippen LogP contribution in [0.1, 0.15) is 34.2 Å². The predicted molar refractivity (Wildman–Crippen MR) is 75.4 cm³/mol. The molecule has 2 rings (SSSR count). The van der Waals surface area contributed by atoms with E-state index in [1.165, 1.54) is 0 Å². The predicted octanol–water partition coefficient (Wildman–Crippen LogP) is 1.47. The summed E-state index contributed by atoms with van der Waals surface area (Å²) in [7, 11) is 0. The van der Waals surface area contributed by atoms with Gasteiger partial charge < -0.3 is 10.3 Å². The van der Waals surface area contributed by atoms with Crippen LogP contribution in [0, 0.1) is 6.92 Å². The van der Waals surface area contributed by atoms with Crippen molar-refractivity contribution in [1.29, 1.82) is 0 Å². The topological polar surface area (TPSA) is 78.0 Å². The van der Waals surface area contributed by atoms with Gasteiger partial charge >= 0.3 is 0 Å². The first-order valence-electron chi connectivity index (χ1n) is 6.36. The summed E-state index contributed by atoms with van der Waals surface area (Å²) < 4.78 is 1.73. The lowest BCUT2D eigenvalue weighted by Gasteiger charge is -2.07. The minimum atomic E-state index is -0.479. The summed E-state index contributed by atoms with van der Waals surface area (Å²) in [6, 6.07) is 7.73. The van der Waals surface area contributed by atoms with Gasteiger partial charge in [-0.2, -0.15) is 0 Å². The molecule has 0 unspecified atom stereocenters. The number of rotatable bonds is 5. The number of hydrogen-bond acceptors (Lipinski definition) is 3. The third-order valence-electron chi connectivity index (χ3n) is 3.08. The Kier molecular flexibility index (Phi) is 3.98. The molecule has 1 heterocycles. The van der Waals surface area contributed by atoms with Gasteiger partial charge in [-0.15, -0.1) is 0 Å². The van der Waals surface area contributed by atoms with E-state index < -0.39 is 5.91 Å². The van der Waals surface area contributed by atoms with Gasteiger partial charge in [0, 0.05) is 13.0 Å². The van der Waals surface area contributed by atoms with Gasteiger partial charge in [0.25, 0.3) is 5.91 Å². The van der Waals surface area contributed by atoms with E-state index >= 15 is 0 Å². The molecule has 0 saturated heterocycles. The SMILES string of the molecule is CC(=O)Cc1ccc(Cn2cnc(C)c2C(N)=O)cc1. The average Bonchev–Trinajstić information content (AvgIpc) is 2.72. The normalized spacial score (nSPS) is 10.5. The number of Topliss-reactive ketones (excluding diaryl/α,β-unsaturated/α-hetero) is 1. The number of primary amides is 1. The van der Waals surface area contributed by atoms with Crippen LogP contribution in [0.15, 0.2) is 30.6 Å². The van der Waals surface area contributed by atoms with E-state index in [2.05, 4.69) is 4.98 Å². The molecule has 1 amide bonds. The molecule has 0 spiro atoms. The first kappa shape index (κ1) is 14.0. The van der Waals surface area contributed by atoms with Gasteiger partial charge in [0.05, 0.1) is 12.0 Å². The Morgan fingerprint density at radius 3 is 2.35 bits per heavy atom. The summed E-state index contributed by atoms with van der Waals surface area (Å²) in [6.07, 6.45) is 2.05. The van der Waals surface area contributed by atoms with Crippen molar-refractivity contribution >= 4 is 11.7 Å². The van der Waals surface area contributed by atoms with Gasteiger partial charge in [-0.05, 0) is 25.0 Å². The van der Waals surface area contributed by atoms with Crippen LogP contribution >= 0.6 is 0 Å². The molecule has 20 heavy (non-hydrogen) atoms. The second kappa shape index (κ2) is 5.69. The second-order valence-electron chi connectivity index (χ2n) is 4.87. The van der Waals surface area contributed by atoms with E-state index in [4.69, 9.17) is 5.73 Å². The molecular weight excluding hydrogens is 254 g/mol. The van der Waals surface area contributed by atoms with Crippen LogP contribution in [-0.2, 0) is 17.8 Å². The van der Waals surface area contributed by atoms with Gasteiger partial charge in [-0.25, -0.2) is 4.98 Å². The maximum absolute atomic E-state index is 11.4. The smallest absolute Gasteiger partial charge is 0.267 e. The molecule has 0 atom stereocenters. The fraction of sp³-hybridized carbons (Fsp3) is 0.267. The Bertz CT molecular complexity index is 642. The maximum Gasteiger partial charge on any atom is 0.267 e. The number of benzene rings is 1. The second-order valence-corrected chi connectivity index (χ2v) is 4.87. The molecule has 0 bridgehead atoms. The molecule has 0 saturated carbocycles. The summed E-state index contributed by atoms with van der Waals surface area (Å²) in [5.41, 5.74) is 8.42. The average molecular weight is 271 g/mol. The maximum atomic E-state index is 11.4. The number of carbonyl (C=O) groups excluding carboxylic acids is 2. The zero-order chi connectivity index (χ0) is 14.7. The fourth-order valence-corrected chi connectivity index (χ4v) is 2.17. The molecule has 0 aliphatic carbocycles. The molecule has 0 aliphatic rings. The number of hydrogen-bond donors (Lipinski definition) is 1. The number of nitrogens with two attached hydrogens (primary N) is 1. The van der Waals surface area contributed by atoms with Crippen LogP contribution in [0.25, 0.3) is 0 Å². The Hall–Kier alpha value is -2.43. The molecule has 1 aromatic heterocycles. The van der Waals surface area contributed by atoms with E-state index in [1.807, 2.05) is 24.3 Å². The van der Waals surface area contributed by atoms with E-state index in [0.717, 1.165) is 11.1 Å². The van der Waals surface area contributed by atoms with Crippen LogP contribution in [0.3, 0.4) is 0 Å². The first-order valence-corrected chi connectivity index (χ1v) is 6.36. The lowest BCUT2D eigenvalue weighted by atomic mass is 10.1. The van der Waals surface area contributed by atoms with Crippen LogP contribution in [0.2, 0.25) is 0 Å². The van der Waals surface area contributed by atoms with E-state index in [1.54, 1.807) is 24.7 Å². The zero-order valence-corrected chi connectivity index (χ0v) is 11.6. The van der Waals surface area contributed by atoms with E-state index in [-0.39, 0.29) is 5.78 Å². The number of carbonyl (C=O) groups is 2. The molecule has 2 aromatic rings. The number of nitrogens with zero attached hydrogens (tertiary/aromatic N) is 2. The molecule has 5 nitrogen and oxygen atoms in total. The van der Waals surface area contributed by atoms with Crippen LogP contribution < -0.4 is 5.73 Å². The third-order valence-corrected chi connectivity index (χ3v) is 3.08. The molecule has 1 aromatic carbocycles. The molecule has 0 aliphatic heterocycles. The summed E-state index contributed by atoms with van der Waals surface area (Å²) in [5, 5.41) is 0. The highest BCUT2D eigenvalue weighted by molar-refractivity contribution is 5.92. The van der Waals surface area contributed by atoms with Crippen molar-refractivity contribution in [3.8, 4) is 0 Å². The minimum absolute atomic E-state index is 0.138. The first-order chi connectivity index (χ1) is 9.47. The monoisotopic (exact) mass is 271 g/mol. The number of imidazole rings is 1. The van der Waals surface area contributed by atoms with Gasteiger partial charge in [0.1, 0.15) is 11.5 Å². The van der Waals surface area contributed by atoms with E-state index in [9.17, 15) is 9.59 Å². The molecule has 0 radical (unpaired) electrons. The summed E-state index contributed by atoms with van der Waals surface area (Å²) >= 11 is 0. The Labute approximate surface area is 117 Å². The Balaban J connectivity index is 2.18. The van der Waals surface area contributed by atoms with Crippen LogP contribution in [0.4, 0.5) is 0 Å². The number of aryl methyl sites for hydroxylation is 1. The van der Waals surface area contributed by atoms with Crippen LogP contribution in [-0.4, -0.2) is 21.2 Å². The highest BCUT2D eigenvalue weighted by Gasteiger charge is 2.12. The summed E-state index contributed by atoms with van der Waals surface area (Å²) in [6.45, 7) is 3.85. The lowest BCUT2D eigenvalue weighted by Crippen LogP contribution is -2.18. The van der Waals surface area contributed by atoms with Gasteiger partial charge in [-0.1, -0.05) is 24.3 Å².